The quantitative estimate of drug-likeness (QED) is 0.763. The van der Waals surface area contributed by atoms with E-state index in [9.17, 15) is 14.4 Å². The van der Waals surface area contributed by atoms with Gasteiger partial charge in [0.05, 0.1) is 17.3 Å². The Balaban J connectivity index is 1.96. The Hall–Kier alpha value is -2.70. The molecule has 128 valence electrons. The third kappa shape index (κ3) is 4.41. The molecule has 0 unspecified atom stereocenters. The number of carbonyl (C=O) groups excluding carboxylic acids is 2. The topological polar surface area (TPSA) is 90.3 Å². The van der Waals surface area contributed by atoms with Crippen LogP contribution in [0.2, 0.25) is 0 Å². The third-order valence-electron chi connectivity index (χ3n) is 3.56. The molecular formula is C17H21N3O4. The largest absolute Gasteiger partial charge is 0.456 e. The minimum Gasteiger partial charge on any atom is -0.456 e. The lowest BCUT2D eigenvalue weighted by atomic mass is 10.2. The van der Waals surface area contributed by atoms with Gasteiger partial charge in [0.1, 0.15) is 5.82 Å². The molecule has 0 aliphatic heterocycles. The first kappa shape index (κ1) is 17.7. The van der Waals surface area contributed by atoms with Gasteiger partial charge in [-0.3, -0.25) is 19.0 Å². The molecule has 1 aromatic carbocycles. The van der Waals surface area contributed by atoms with Crippen molar-refractivity contribution in [2.45, 2.75) is 26.2 Å². The summed E-state index contributed by atoms with van der Waals surface area (Å²) in [7, 11) is 1.63. The van der Waals surface area contributed by atoms with E-state index >= 15 is 0 Å². The fraction of sp³-hybridized carbons (Fsp3) is 0.412. The second-order valence-corrected chi connectivity index (χ2v) is 5.42. The van der Waals surface area contributed by atoms with Gasteiger partial charge in [-0.25, -0.2) is 4.98 Å². The first-order valence-electron chi connectivity index (χ1n) is 7.90. The molecule has 2 rings (SSSR count). The van der Waals surface area contributed by atoms with Crippen LogP contribution in [0.4, 0.5) is 0 Å². The number of nitrogens with zero attached hydrogens (tertiary/aromatic N) is 2. The van der Waals surface area contributed by atoms with Gasteiger partial charge in [0.15, 0.2) is 6.61 Å². The molecule has 0 aliphatic carbocycles. The maximum Gasteiger partial charge on any atom is 0.306 e. The van der Waals surface area contributed by atoms with Gasteiger partial charge in [0.2, 0.25) is 0 Å². The molecule has 0 aliphatic rings. The molecule has 2 aromatic rings. The molecule has 1 amide bonds. The van der Waals surface area contributed by atoms with E-state index in [-0.39, 0.29) is 30.9 Å². The predicted molar refractivity (Wildman–Crippen MR) is 89.6 cm³/mol. The van der Waals surface area contributed by atoms with Crippen LogP contribution in [0.15, 0.2) is 29.1 Å². The number of para-hydroxylation sites is 1. The van der Waals surface area contributed by atoms with Gasteiger partial charge in [0.25, 0.3) is 11.5 Å². The van der Waals surface area contributed by atoms with Gasteiger partial charge in [-0.15, -0.1) is 0 Å². The van der Waals surface area contributed by atoms with Crippen molar-refractivity contribution in [2.75, 3.05) is 13.2 Å². The van der Waals surface area contributed by atoms with E-state index in [4.69, 9.17) is 4.74 Å². The fourth-order valence-corrected chi connectivity index (χ4v) is 2.24. The molecule has 1 aromatic heterocycles. The summed E-state index contributed by atoms with van der Waals surface area (Å²) in [5.74, 6) is -0.309. The van der Waals surface area contributed by atoms with Crippen LogP contribution in [-0.4, -0.2) is 34.6 Å². The zero-order valence-electron chi connectivity index (χ0n) is 13.9. The molecule has 0 bridgehead atoms. The predicted octanol–water partition coefficient (Wildman–Crippen LogP) is 0.935. The minimum absolute atomic E-state index is 0.0552. The van der Waals surface area contributed by atoms with Crippen molar-refractivity contribution in [2.24, 2.45) is 7.05 Å². The van der Waals surface area contributed by atoms with Crippen LogP contribution < -0.4 is 10.9 Å². The number of fused-ring (bicyclic) bond motifs is 1. The molecule has 0 saturated heterocycles. The summed E-state index contributed by atoms with van der Waals surface area (Å²) in [4.78, 5) is 39.8. The van der Waals surface area contributed by atoms with Crippen LogP contribution in [-0.2, 0) is 27.8 Å². The molecule has 1 heterocycles. The molecule has 7 nitrogen and oxygen atoms in total. The Kier molecular flexibility index (Phi) is 6.06. The van der Waals surface area contributed by atoms with Crippen LogP contribution in [0.25, 0.3) is 10.9 Å². The third-order valence-corrected chi connectivity index (χ3v) is 3.56. The van der Waals surface area contributed by atoms with Gasteiger partial charge in [-0.1, -0.05) is 19.1 Å². The van der Waals surface area contributed by atoms with Crippen molar-refractivity contribution in [1.82, 2.24) is 14.9 Å². The number of aromatic nitrogens is 2. The number of hydrogen-bond donors (Lipinski definition) is 1. The first-order valence-corrected chi connectivity index (χ1v) is 7.90. The lowest BCUT2D eigenvalue weighted by molar-refractivity contribution is -0.148. The average Bonchev–Trinajstić information content (AvgIpc) is 2.60. The summed E-state index contributed by atoms with van der Waals surface area (Å²) < 4.78 is 6.35. The Morgan fingerprint density at radius 2 is 2.04 bits per heavy atom. The van der Waals surface area contributed by atoms with Crippen molar-refractivity contribution in [3.8, 4) is 0 Å². The fourth-order valence-electron chi connectivity index (χ4n) is 2.24. The Morgan fingerprint density at radius 1 is 1.29 bits per heavy atom. The maximum absolute atomic E-state index is 12.3. The van der Waals surface area contributed by atoms with Crippen LogP contribution >= 0.6 is 0 Å². The van der Waals surface area contributed by atoms with Crippen LogP contribution in [0.3, 0.4) is 0 Å². The molecular weight excluding hydrogens is 310 g/mol. The van der Waals surface area contributed by atoms with E-state index in [1.54, 1.807) is 25.2 Å². The van der Waals surface area contributed by atoms with Gasteiger partial charge >= 0.3 is 5.97 Å². The molecule has 0 radical (unpaired) electrons. The summed E-state index contributed by atoms with van der Waals surface area (Å²) in [5.41, 5.74) is 0.450. The number of amides is 1. The van der Waals surface area contributed by atoms with Crippen molar-refractivity contribution >= 4 is 22.8 Å². The van der Waals surface area contributed by atoms with Gasteiger partial charge in [-0.05, 0) is 18.6 Å². The molecule has 7 heteroatoms. The van der Waals surface area contributed by atoms with E-state index < -0.39 is 5.97 Å². The highest BCUT2D eigenvalue weighted by Gasteiger charge is 2.11. The van der Waals surface area contributed by atoms with Crippen LogP contribution in [0.1, 0.15) is 25.6 Å². The molecule has 0 spiro atoms. The Morgan fingerprint density at radius 3 is 2.79 bits per heavy atom. The number of hydrogen-bond acceptors (Lipinski definition) is 5. The Labute approximate surface area is 139 Å². The number of rotatable bonds is 7. The average molecular weight is 331 g/mol. The highest BCUT2D eigenvalue weighted by Crippen LogP contribution is 2.08. The van der Waals surface area contributed by atoms with Gasteiger partial charge in [-0.2, -0.15) is 0 Å². The summed E-state index contributed by atoms with van der Waals surface area (Å²) in [5, 5.41) is 3.16. The lowest BCUT2D eigenvalue weighted by Crippen LogP contribution is -2.29. The number of nitrogens with one attached hydrogen (secondary N) is 1. The number of carbonyl (C=O) groups is 2. The minimum atomic E-state index is -0.496. The number of benzene rings is 1. The van der Waals surface area contributed by atoms with Crippen molar-refractivity contribution < 1.29 is 14.3 Å². The van der Waals surface area contributed by atoms with Crippen molar-refractivity contribution in [3.05, 3.63) is 40.4 Å². The van der Waals surface area contributed by atoms with E-state index in [1.165, 1.54) is 4.57 Å². The molecule has 0 saturated carbocycles. The van der Waals surface area contributed by atoms with E-state index in [0.29, 0.717) is 23.3 Å². The molecule has 24 heavy (non-hydrogen) atoms. The summed E-state index contributed by atoms with van der Waals surface area (Å²) in [6, 6.07) is 7.07. The van der Waals surface area contributed by atoms with Crippen molar-refractivity contribution in [3.63, 3.8) is 0 Å². The van der Waals surface area contributed by atoms with Crippen LogP contribution in [0.5, 0.6) is 0 Å². The zero-order chi connectivity index (χ0) is 17.5. The standard InChI is InChI=1S/C17H21N3O4/c1-3-10-18-15(21)11-24-16(22)9-8-14-19-13-7-5-4-6-12(13)17(23)20(14)2/h4-7H,3,8-11H2,1-2H3,(H,18,21). The lowest BCUT2D eigenvalue weighted by Gasteiger charge is -2.09. The second-order valence-electron chi connectivity index (χ2n) is 5.42. The van der Waals surface area contributed by atoms with Crippen molar-refractivity contribution in [1.29, 1.82) is 0 Å². The first-order chi connectivity index (χ1) is 11.5. The smallest absolute Gasteiger partial charge is 0.306 e. The molecule has 0 atom stereocenters. The highest BCUT2D eigenvalue weighted by molar-refractivity contribution is 5.80. The monoisotopic (exact) mass is 331 g/mol. The summed E-state index contributed by atoms with van der Waals surface area (Å²) >= 11 is 0. The Bertz CT molecular complexity index is 798. The normalized spacial score (nSPS) is 10.6. The van der Waals surface area contributed by atoms with Gasteiger partial charge in [0, 0.05) is 20.0 Å². The van der Waals surface area contributed by atoms with E-state index in [1.807, 2.05) is 13.0 Å². The van der Waals surface area contributed by atoms with E-state index in [0.717, 1.165) is 6.42 Å². The zero-order valence-corrected chi connectivity index (χ0v) is 13.9. The maximum atomic E-state index is 12.3. The number of aryl methyl sites for hydroxylation is 1. The summed E-state index contributed by atoms with van der Waals surface area (Å²) in [6.45, 7) is 2.20. The summed E-state index contributed by atoms with van der Waals surface area (Å²) in [6.07, 6.45) is 1.15. The number of esters is 1. The second kappa shape index (κ2) is 8.24. The van der Waals surface area contributed by atoms with E-state index in [2.05, 4.69) is 10.3 Å². The highest BCUT2D eigenvalue weighted by atomic mass is 16.5. The molecule has 0 fully saturated rings. The molecule has 1 N–H and O–H groups in total. The number of ether oxygens (including phenoxy) is 1. The van der Waals surface area contributed by atoms with Crippen LogP contribution in [0, 0.1) is 0 Å². The van der Waals surface area contributed by atoms with Gasteiger partial charge < -0.3 is 10.1 Å². The SMILES string of the molecule is CCCNC(=O)COC(=O)CCc1nc2ccccc2c(=O)n1C.